The van der Waals surface area contributed by atoms with E-state index in [-0.39, 0.29) is 17.9 Å². The number of benzene rings is 1. The Morgan fingerprint density at radius 1 is 1.57 bits per heavy atom. The van der Waals surface area contributed by atoms with Crippen molar-refractivity contribution in [3.63, 3.8) is 0 Å². The Kier molecular flexibility index (Phi) is 6.21. The third-order valence-electron chi connectivity index (χ3n) is 3.93. The third kappa shape index (κ3) is 4.80. The number of carbonyl (C=O) groups is 1. The summed E-state index contributed by atoms with van der Waals surface area (Å²) in [5.41, 5.74) is 7.08. The lowest BCUT2D eigenvalue weighted by atomic mass is 9.95. The van der Waals surface area contributed by atoms with Crippen molar-refractivity contribution in [1.82, 2.24) is 4.90 Å². The van der Waals surface area contributed by atoms with Crippen LogP contribution in [0.5, 0.6) is 0 Å². The second-order valence-corrected chi connectivity index (χ2v) is 6.56. The Bertz CT molecular complexity index is 481. The van der Waals surface area contributed by atoms with Crippen LogP contribution in [0.3, 0.4) is 0 Å². The first-order valence-corrected chi connectivity index (χ1v) is 8.17. The van der Waals surface area contributed by atoms with E-state index in [1.165, 1.54) is 5.56 Å². The lowest BCUT2D eigenvalue weighted by Crippen LogP contribution is -2.37. The van der Waals surface area contributed by atoms with E-state index in [1.807, 2.05) is 17.0 Å². The molecular formula is C16H23BrN2O2. The molecule has 5 heteroatoms. The molecule has 1 aliphatic rings. The first-order chi connectivity index (χ1) is 10.1. The Morgan fingerprint density at radius 3 is 3.00 bits per heavy atom. The maximum atomic E-state index is 12.7. The molecule has 1 unspecified atom stereocenters. The Morgan fingerprint density at radius 2 is 2.38 bits per heavy atom. The minimum atomic E-state index is -0.0375. The molecule has 0 bridgehead atoms. The molecule has 1 aliphatic heterocycles. The van der Waals surface area contributed by atoms with E-state index in [4.69, 9.17) is 10.5 Å². The van der Waals surface area contributed by atoms with Crippen LogP contribution in [-0.4, -0.2) is 43.7 Å². The van der Waals surface area contributed by atoms with Crippen molar-refractivity contribution >= 4 is 21.8 Å². The molecule has 0 aliphatic carbocycles. The number of hydrogen-bond donors (Lipinski definition) is 1. The number of halogens is 1. The Labute approximate surface area is 134 Å². The van der Waals surface area contributed by atoms with Crippen molar-refractivity contribution in [2.24, 2.45) is 11.7 Å². The predicted molar refractivity (Wildman–Crippen MR) is 87.0 cm³/mol. The van der Waals surface area contributed by atoms with Crippen LogP contribution in [0.2, 0.25) is 0 Å². The fraction of sp³-hybridized carbons (Fsp3) is 0.562. The zero-order valence-corrected chi connectivity index (χ0v) is 14.0. The first-order valence-electron chi connectivity index (χ1n) is 7.38. The van der Waals surface area contributed by atoms with Gasteiger partial charge in [-0.1, -0.05) is 28.1 Å². The number of rotatable bonds is 6. The maximum absolute atomic E-state index is 12.7. The van der Waals surface area contributed by atoms with Gasteiger partial charge in [0.25, 0.3) is 0 Å². The van der Waals surface area contributed by atoms with Gasteiger partial charge in [-0.15, -0.1) is 0 Å². The topological polar surface area (TPSA) is 55.6 Å². The summed E-state index contributed by atoms with van der Waals surface area (Å²) < 4.78 is 6.21. The van der Waals surface area contributed by atoms with Gasteiger partial charge in [0.1, 0.15) is 0 Å². The van der Waals surface area contributed by atoms with E-state index in [1.54, 1.807) is 7.11 Å². The number of hydrogen-bond acceptors (Lipinski definition) is 3. The van der Waals surface area contributed by atoms with Crippen LogP contribution >= 0.6 is 15.9 Å². The molecule has 0 saturated carbocycles. The summed E-state index contributed by atoms with van der Waals surface area (Å²) in [6.45, 7) is 2.06. The van der Waals surface area contributed by atoms with E-state index in [9.17, 15) is 4.79 Å². The van der Waals surface area contributed by atoms with E-state index >= 15 is 0 Å². The number of likely N-dealkylation sites (tertiary alicyclic amines) is 1. The molecule has 1 aromatic carbocycles. The van der Waals surface area contributed by atoms with E-state index in [0.29, 0.717) is 13.2 Å². The van der Waals surface area contributed by atoms with Gasteiger partial charge in [0.2, 0.25) is 5.91 Å². The lowest BCUT2D eigenvalue weighted by Gasteiger charge is -2.23. The molecule has 2 N–H and O–H groups in total. The average Bonchev–Trinajstić information content (AvgIpc) is 2.89. The molecule has 1 aromatic rings. The van der Waals surface area contributed by atoms with Crippen molar-refractivity contribution < 1.29 is 9.53 Å². The molecule has 1 saturated heterocycles. The summed E-state index contributed by atoms with van der Waals surface area (Å²) >= 11 is 3.48. The summed E-state index contributed by atoms with van der Waals surface area (Å²) in [5, 5.41) is 0. The number of amides is 1. The van der Waals surface area contributed by atoms with Gasteiger partial charge in [-0.25, -0.2) is 0 Å². The van der Waals surface area contributed by atoms with Crippen molar-refractivity contribution in [2.75, 3.05) is 26.8 Å². The summed E-state index contributed by atoms with van der Waals surface area (Å²) in [5.74, 6) is 0.171. The highest BCUT2D eigenvalue weighted by atomic mass is 79.9. The highest BCUT2D eigenvalue weighted by Gasteiger charge is 2.29. The normalized spacial score (nSPS) is 19.8. The second kappa shape index (κ2) is 7.92. The van der Waals surface area contributed by atoms with E-state index in [0.717, 1.165) is 30.3 Å². The zero-order valence-electron chi connectivity index (χ0n) is 12.4. The monoisotopic (exact) mass is 354 g/mol. The molecule has 1 amide bonds. The number of nitrogens with two attached hydrogens (primary N) is 1. The summed E-state index contributed by atoms with van der Waals surface area (Å²) in [7, 11) is 1.67. The van der Waals surface area contributed by atoms with Gasteiger partial charge in [-0.2, -0.15) is 0 Å². The number of ether oxygens (including phenoxy) is 1. The van der Waals surface area contributed by atoms with Gasteiger partial charge in [0.15, 0.2) is 0 Å². The molecule has 116 valence electrons. The average molecular weight is 355 g/mol. The molecule has 0 radical (unpaired) electrons. The molecule has 0 aromatic heterocycles. The highest BCUT2D eigenvalue weighted by molar-refractivity contribution is 9.10. The minimum Gasteiger partial charge on any atom is -0.385 e. The van der Waals surface area contributed by atoms with Gasteiger partial charge in [-0.05, 0) is 37.0 Å². The van der Waals surface area contributed by atoms with Crippen molar-refractivity contribution in [2.45, 2.75) is 25.3 Å². The number of carbonyl (C=O) groups excluding carboxylic acids is 1. The van der Waals surface area contributed by atoms with Gasteiger partial charge in [-0.3, -0.25) is 4.79 Å². The third-order valence-corrected chi connectivity index (χ3v) is 4.42. The Balaban J connectivity index is 2.04. The summed E-state index contributed by atoms with van der Waals surface area (Å²) in [6, 6.07) is 8.26. The van der Waals surface area contributed by atoms with Crippen LogP contribution in [-0.2, 0) is 16.0 Å². The van der Waals surface area contributed by atoms with Crippen LogP contribution < -0.4 is 5.73 Å². The molecule has 1 heterocycles. The van der Waals surface area contributed by atoms with Gasteiger partial charge >= 0.3 is 0 Å². The lowest BCUT2D eigenvalue weighted by molar-refractivity contribution is -0.135. The largest absolute Gasteiger partial charge is 0.385 e. The Hall–Kier alpha value is -0.910. The van der Waals surface area contributed by atoms with Crippen molar-refractivity contribution in [3.05, 3.63) is 34.3 Å². The summed E-state index contributed by atoms with van der Waals surface area (Å²) in [4.78, 5) is 14.6. The van der Waals surface area contributed by atoms with Crippen LogP contribution in [0.4, 0.5) is 0 Å². The van der Waals surface area contributed by atoms with E-state index < -0.39 is 0 Å². The van der Waals surface area contributed by atoms with Crippen LogP contribution in [0, 0.1) is 5.92 Å². The van der Waals surface area contributed by atoms with Gasteiger partial charge in [0, 0.05) is 43.2 Å². The second-order valence-electron chi connectivity index (χ2n) is 5.65. The molecular weight excluding hydrogens is 332 g/mol. The SMILES string of the molecule is COCCC(Cc1cccc(Br)c1)C(=O)N1CC[C@@H](N)C1. The molecule has 4 nitrogen and oxygen atoms in total. The minimum absolute atomic E-state index is 0.0375. The number of methoxy groups -OCH3 is 1. The molecule has 2 rings (SSSR count). The van der Waals surface area contributed by atoms with Crippen LogP contribution in [0.1, 0.15) is 18.4 Å². The van der Waals surface area contributed by atoms with Gasteiger partial charge in [0.05, 0.1) is 0 Å². The zero-order chi connectivity index (χ0) is 15.2. The fourth-order valence-electron chi connectivity index (χ4n) is 2.77. The molecule has 1 fully saturated rings. The fourth-order valence-corrected chi connectivity index (χ4v) is 3.21. The first kappa shape index (κ1) is 16.5. The molecule has 2 atom stereocenters. The van der Waals surface area contributed by atoms with E-state index in [2.05, 4.69) is 28.1 Å². The smallest absolute Gasteiger partial charge is 0.226 e. The highest BCUT2D eigenvalue weighted by Crippen LogP contribution is 2.21. The van der Waals surface area contributed by atoms with Crippen LogP contribution in [0.25, 0.3) is 0 Å². The number of nitrogens with zero attached hydrogens (tertiary/aromatic N) is 1. The quantitative estimate of drug-likeness (QED) is 0.851. The standard InChI is InChI=1S/C16H23BrN2O2/c1-21-8-6-13(9-12-3-2-4-14(17)10-12)16(20)19-7-5-15(18)11-19/h2-4,10,13,15H,5-9,11,18H2,1H3/t13?,15-/m1/s1. The van der Waals surface area contributed by atoms with Crippen molar-refractivity contribution in [1.29, 1.82) is 0 Å². The maximum Gasteiger partial charge on any atom is 0.226 e. The van der Waals surface area contributed by atoms with Gasteiger partial charge < -0.3 is 15.4 Å². The molecule has 0 spiro atoms. The van der Waals surface area contributed by atoms with Crippen molar-refractivity contribution in [3.8, 4) is 0 Å². The van der Waals surface area contributed by atoms with Crippen LogP contribution in [0.15, 0.2) is 28.7 Å². The summed E-state index contributed by atoms with van der Waals surface area (Å²) in [6.07, 6.45) is 2.39. The predicted octanol–water partition coefficient (Wildman–Crippen LogP) is 2.20. The molecule has 21 heavy (non-hydrogen) atoms.